The van der Waals surface area contributed by atoms with E-state index in [1.807, 2.05) is 24.3 Å². The smallest absolute Gasteiger partial charge is 0.387 e. The lowest BCUT2D eigenvalue weighted by Crippen LogP contribution is -2.36. The molecular formula is C19H24F2IN3O3. The van der Waals surface area contributed by atoms with E-state index in [0.717, 1.165) is 11.3 Å². The third-order valence-electron chi connectivity index (χ3n) is 3.78. The predicted octanol–water partition coefficient (Wildman–Crippen LogP) is 3.79. The maximum atomic E-state index is 12.6. The summed E-state index contributed by atoms with van der Waals surface area (Å²) in [6, 6.07) is 12.4. The zero-order valence-electron chi connectivity index (χ0n) is 15.9. The van der Waals surface area contributed by atoms with Gasteiger partial charge < -0.3 is 24.8 Å². The molecule has 9 heteroatoms. The number of aliphatic imine (C=N–C) groups is 1. The van der Waals surface area contributed by atoms with Gasteiger partial charge in [0.25, 0.3) is 0 Å². The number of hydrogen-bond donors (Lipinski definition) is 2. The minimum absolute atomic E-state index is 0. The van der Waals surface area contributed by atoms with E-state index in [9.17, 15) is 8.78 Å². The second-order valence-electron chi connectivity index (χ2n) is 5.48. The SMILES string of the molecule is CN=C(NCc1ccc(OC)cc1)NCc1ccc(OC)cc1OC(F)F.I. The van der Waals surface area contributed by atoms with Crippen molar-refractivity contribution in [3.05, 3.63) is 53.6 Å². The third-order valence-corrected chi connectivity index (χ3v) is 3.78. The zero-order chi connectivity index (χ0) is 19.6. The highest BCUT2D eigenvalue weighted by atomic mass is 127. The number of ether oxygens (including phenoxy) is 3. The fraction of sp³-hybridized carbons (Fsp3) is 0.316. The van der Waals surface area contributed by atoms with Crippen molar-refractivity contribution < 1.29 is 23.0 Å². The standard InChI is InChI=1S/C19H23F2N3O3.HI/c1-22-19(23-11-13-4-7-15(25-2)8-5-13)24-12-14-6-9-16(26-3)10-17(14)27-18(20)21;/h4-10,18H,11-12H2,1-3H3,(H2,22,23,24);1H. The molecule has 0 bridgehead atoms. The molecule has 0 amide bonds. The topological polar surface area (TPSA) is 64.1 Å². The lowest BCUT2D eigenvalue weighted by Gasteiger charge is -2.15. The summed E-state index contributed by atoms with van der Waals surface area (Å²) >= 11 is 0. The van der Waals surface area contributed by atoms with Crippen LogP contribution < -0.4 is 24.8 Å². The van der Waals surface area contributed by atoms with Gasteiger partial charge in [-0.05, 0) is 29.8 Å². The van der Waals surface area contributed by atoms with Crippen molar-refractivity contribution in [3.8, 4) is 17.2 Å². The molecule has 28 heavy (non-hydrogen) atoms. The highest BCUT2D eigenvalue weighted by molar-refractivity contribution is 14.0. The van der Waals surface area contributed by atoms with Gasteiger partial charge in [-0.2, -0.15) is 8.78 Å². The van der Waals surface area contributed by atoms with Crippen LogP contribution in [0.3, 0.4) is 0 Å². The summed E-state index contributed by atoms with van der Waals surface area (Å²) in [5, 5.41) is 6.24. The summed E-state index contributed by atoms with van der Waals surface area (Å²) in [5.74, 6) is 1.82. The van der Waals surface area contributed by atoms with Gasteiger partial charge in [0, 0.05) is 31.8 Å². The Morgan fingerprint density at radius 2 is 1.57 bits per heavy atom. The lowest BCUT2D eigenvalue weighted by atomic mass is 10.2. The highest BCUT2D eigenvalue weighted by Gasteiger charge is 2.12. The summed E-state index contributed by atoms with van der Waals surface area (Å²) in [7, 11) is 4.71. The molecule has 0 unspecified atom stereocenters. The number of alkyl halides is 2. The van der Waals surface area contributed by atoms with Gasteiger partial charge in [0.1, 0.15) is 17.2 Å². The Labute approximate surface area is 180 Å². The first-order valence-corrected chi connectivity index (χ1v) is 8.25. The van der Waals surface area contributed by atoms with Crippen LogP contribution in [-0.2, 0) is 13.1 Å². The van der Waals surface area contributed by atoms with Crippen LogP contribution in [0.25, 0.3) is 0 Å². The Kier molecular flexibility index (Phi) is 10.4. The first kappa shape index (κ1) is 23.7. The second-order valence-corrected chi connectivity index (χ2v) is 5.48. The van der Waals surface area contributed by atoms with Crippen LogP contribution in [0, 0.1) is 0 Å². The summed E-state index contributed by atoms with van der Waals surface area (Å²) in [4.78, 5) is 4.13. The van der Waals surface area contributed by atoms with Crippen LogP contribution in [0.2, 0.25) is 0 Å². The van der Waals surface area contributed by atoms with E-state index in [0.29, 0.717) is 23.8 Å². The van der Waals surface area contributed by atoms with E-state index in [1.54, 1.807) is 26.3 Å². The largest absolute Gasteiger partial charge is 0.497 e. The third kappa shape index (κ3) is 7.37. The van der Waals surface area contributed by atoms with Crippen molar-refractivity contribution in [1.82, 2.24) is 10.6 Å². The van der Waals surface area contributed by atoms with Gasteiger partial charge in [-0.15, -0.1) is 24.0 Å². The second kappa shape index (κ2) is 12.2. The van der Waals surface area contributed by atoms with Crippen molar-refractivity contribution in [1.29, 1.82) is 0 Å². The minimum atomic E-state index is -2.91. The number of guanidine groups is 1. The molecule has 0 saturated heterocycles. The van der Waals surface area contributed by atoms with Gasteiger partial charge >= 0.3 is 6.61 Å². The molecule has 0 aliphatic carbocycles. The van der Waals surface area contributed by atoms with E-state index in [1.165, 1.54) is 13.2 Å². The number of methoxy groups -OCH3 is 2. The lowest BCUT2D eigenvalue weighted by molar-refractivity contribution is -0.0505. The fourth-order valence-corrected chi connectivity index (χ4v) is 2.34. The van der Waals surface area contributed by atoms with E-state index in [-0.39, 0.29) is 36.3 Å². The molecule has 2 rings (SSSR count). The summed E-state index contributed by atoms with van der Waals surface area (Å²) in [5.41, 5.74) is 1.61. The molecule has 0 radical (unpaired) electrons. The average molecular weight is 507 g/mol. The number of rotatable bonds is 8. The predicted molar refractivity (Wildman–Crippen MR) is 115 cm³/mol. The highest BCUT2D eigenvalue weighted by Crippen LogP contribution is 2.26. The van der Waals surface area contributed by atoms with Gasteiger partial charge in [0.2, 0.25) is 0 Å². The molecule has 0 aliphatic rings. The van der Waals surface area contributed by atoms with Crippen LogP contribution in [0.1, 0.15) is 11.1 Å². The van der Waals surface area contributed by atoms with Crippen LogP contribution in [-0.4, -0.2) is 33.8 Å². The molecule has 0 fully saturated rings. The molecular weight excluding hydrogens is 483 g/mol. The van der Waals surface area contributed by atoms with Gasteiger partial charge in [0.05, 0.1) is 14.2 Å². The van der Waals surface area contributed by atoms with Crippen LogP contribution in [0.5, 0.6) is 17.2 Å². The summed E-state index contributed by atoms with van der Waals surface area (Å²) < 4.78 is 40.0. The van der Waals surface area contributed by atoms with Gasteiger partial charge in [-0.25, -0.2) is 0 Å². The number of hydrogen-bond acceptors (Lipinski definition) is 4. The molecule has 0 spiro atoms. The molecule has 0 aliphatic heterocycles. The quantitative estimate of drug-likeness (QED) is 0.324. The Morgan fingerprint density at radius 1 is 0.964 bits per heavy atom. The molecule has 0 heterocycles. The monoisotopic (exact) mass is 507 g/mol. The van der Waals surface area contributed by atoms with Crippen LogP contribution in [0.4, 0.5) is 8.78 Å². The molecule has 0 aromatic heterocycles. The maximum Gasteiger partial charge on any atom is 0.387 e. The Bertz CT molecular complexity index is 759. The van der Waals surface area contributed by atoms with E-state index in [2.05, 4.69) is 20.4 Å². The minimum Gasteiger partial charge on any atom is -0.497 e. The van der Waals surface area contributed by atoms with Crippen molar-refractivity contribution in [2.24, 2.45) is 4.99 Å². The zero-order valence-corrected chi connectivity index (χ0v) is 18.2. The molecule has 2 N–H and O–H groups in total. The molecule has 154 valence electrons. The first-order chi connectivity index (χ1) is 13.0. The Balaban J connectivity index is 0.00000392. The first-order valence-electron chi connectivity index (χ1n) is 8.25. The van der Waals surface area contributed by atoms with Crippen molar-refractivity contribution in [3.63, 3.8) is 0 Å². The summed E-state index contributed by atoms with van der Waals surface area (Å²) in [6.07, 6.45) is 0. The van der Waals surface area contributed by atoms with E-state index < -0.39 is 6.61 Å². The molecule has 0 saturated carbocycles. The summed E-state index contributed by atoms with van der Waals surface area (Å²) in [6.45, 7) is -2.11. The molecule has 0 atom stereocenters. The number of benzene rings is 2. The normalized spacial score (nSPS) is 10.9. The van der Waals surface area contributed by atoms with Gasteiger partial charge in [-0.3, -0.25) is 4.99 Å². The Morgan fingerprint density at radius 3 is 2.14 bits per heavy atom. The average Bonchev–Trinajstić information content (AvgIpc) is 2.68. The molecule has 2 aromatic rings. The van der Waals surface area contributed by atoms with E-state index in [4.69, 9.17) is 9.47 Å². The molecule has 2 aromatic carbocycles. The van der Waals surface area contributed by atoms with Gasteiger partial charge in [-0.1, -0.05) is 12.1 Å². The van der Waals surface area contributed by atoms with Crippen molar-refractivity contribution in [2.75, 3.05) is 21.3 Å². The van der Waals surface area contributed by atoms with Crippen LogP contribution in [0.15, 0.2) is 47.5 Å². The van der Waals surface area contributed by atoms with Crippen molar-refractivity contribution >= 4 is 29.9 Å². The number of nitrogens with zero attached hydrogens (tertiary/aromatic N) is 1. The van der Waals surface area contributed by atoms with E-state index >= 15 is 0 Å². The molecule has 6 nitrogen and oxygen atoms in total. The van der Waals surface area contributed by atoms with Crippen molar-refractivity contribution in [2.45, 2.75) is 19.7 Å². The Hall–Kier alpha value is -2.30. The number of halogens is 3. The fourth-order valence-electron chi connectivity index (χ4n) is 2.34. The number of nitrogens with one attached hydrogen (secondary N) is 2. The maximum absolute atomic E-state index is 12.6. The van der Waals surface area contributed by atoms with Crippen LogP contribution >= 0.6 is 24.0 Å². The van der Waals surface area contributed by atoms with Gasteiger partial charge in [0.15, 0.2) is 5.96 Å².